The Morgan fingerprint density at radius 1 is 0.976 bits per heavy atom. The summed E-state index contributed by atoms with van der Waals surface area (Å²) in [5.74, 6) is 1.09. The topological polar surface area (TPSA) is 84.7 Å². The van der Waals surface area contributed by atoms with Crippen LogP contribution in [-0.2, 0) is 5.54 Å². The number of benzene rings is 3. The molecule has 0 bridgehead atoms. The van der Waals surface area contributed by atoms with E-state index in [0.717, 1.165) is 40.6 Å². The van der Waals surface area contributed by atoms with Gasteiger partial charge in [-0.25, -0.2) is 9.97 Å². The van der Waals surface area contributed by atoms with Crippen LogP contribution in [0.2, 0.25) is 0 Å². The van der Waals surface area contributed by atoms with Crippen molar-refractivity contribution < 1.29 is 4.79 Å². The first-order chi connectivity index (χ1) is 20.0. The van der Waals surface area contributed by atoms with Crippen molar-refractivity contribution in [3.8, 4) is 11.1 Å². The molecule has 3 fully saturated rings. The number of nitrogens with one attached hydrogen (secondary N) is 2. The fraction of sp³-hybridized carbons (Fsp3) is 0.294. The maximum Gasteiger partial charge on any atom is 0.251 e. The van der Waals surface area contributed by atoms with E-state index in [1.54, 1.807) is 0 Å². The second-order valence-corrected chi connectivity index (χ2v) is 12.0. The number of hydrogen-bond acceptors (Lipinski definition) is 5. The summed E-state index contributed by atoms with van der Waals surface area (Å²) in [5.41, 5.74) is 8.15. The van der Waals surface area contributed by atoms with Crippen LogP contribution in [0.1, 0.15) is 77.5 Å². The van der Waals surface area contributed by atoms with Crippen LogP contribution in [0.25, 0.3) is 22.0 Å². The predicted octanol–water partition coefficient (Wildman–Crippen LogP) is 7.18. The first kappa shape index (κ1) is 24.3. The number of hydrogen-bond donors (Lipinski definition) is 2. The summed E-state index contributed by atoms with van der Waals surface area (Å²) in [7, 11) is 0. The zero-order valence-corrected chi connectivity index (χ0v) is 23.1. The number of amides is 1. The monoisotopic (exact) mass is 540 g/mol. The molecule has 0 spiro atoms. The van der Waals surface area contributed by atoms with Gasteiger partial charge in [0.25, 0.3) is 5.91 Å². The highest BCUT2D eigenvalue weighted by atomic mass is 16.1. The summed E-state index contributed by atoms with van der Waals surface area (Å²) in [4.78, 5) is 22.9. The van der Waals surface area contributed by atoms with Crippen LogP contribution >= 0.6 is 0 Å². The molecule has 0 radical (unpaired) electrons. The van der Waals surface area contributed by atoms with Crippen LogP contribution in [0.5, 0.6) is 0 Å². The highest BCUT2D eigenvalue weighted by molar-refractivity contribution is 5.97. The van der Waals surface area contributed by atoms with Gasteiger partial charge in [0.05, 0.1) is 29.0 Å². The van der Waals surface area contributed by atoms with Gasteiger partial charge in [-0.1, -0.05) is 42.0 Å². The summed E-state index contributed by atoms with van der Waals surface area (Å²) in [5, 5.41) is 12.1. The molecular formula is C34H32N6O. The highest BCUT2D eigenvalue weighted by Crippen LogP contribution is 2.47. The number of aryl methyl sites for hydroxylation is 1. The summed E-state index contributed by atoms with van der Waals surface area (Å²) in [6.07, 6.45) is 12.4. The minimum atomic E-state index is -0.249. The number of fused-ring (bicyclic) bond motifs is 1. The van der Waals surface area contributed by atoms with Crippen LogP contribution in [0.3, 0.4) is 0 Å². The lowest BCUT2D eigenvalue weighted by atomic mass is 9.93. The van der Waals surface area contributed by atoms with E-state index < -0.39 is 0 Å². The van der Waals surface area contributed by atoms with E-state index >= 15 is 0 Å². The van der Waals surface area contributed by atoms with Crippen molar-refractivity contribution in [3.63, 3.8) is 0 Å². The minimum Gasteiger partial charge on any atom is -0.343 e. The van der Waals surface area contributed by atoms with Crippen molar-refractivity contribution in [2.24, 2.45) is 0 Å². The molecule has 3 saturated carbocycles. The lowest BCUT2D eigenvalue weighted by Gasteiger charge is -2.19. The molecule has 3 aliphatic rings. The Morgan fingerprint density at radius 2 is 1.85 bits per heavy atom. The van der Waals surface area contributed by atoms with Crippen LogP contribution in [0, 0.1) is 6.92 Å². The quantitative estimate of drug-likeness (QED) is 0.218. The number of nitrogens with zero attached hydrogens (tertiary/aromatic N) is 4. The molecule has 7 heteroatoms. The van der Waals surface area contributed by atoms with Gasteiger partial charge in [0, 0.05) is 23.3 Å². The first-order valence-corrected chi connectivity index (χ1v) is 14.6. The summed E-state index contributed by atoms with van der Waals surface area (Å²) in [6, 6.07) is 21.5. The molecule has 8 rings (SSSR count). The van der Waals surface area contributed by atoms with E-state index in [1.807, 2.05) is 35.4 Å². The Morgan fingerprint density at radius 3 is 2.63 bits per heavy atom. The number of aromatic nitrogens is 4. The average molecular weight is 541 g/mol. The molecule has 41 heavy (non-hydrogen) atoms. The molecule has 2 heterocycles. The lowest BCUT2D eigenvalue weighted by molar-refractivity contribution is 0.0931. The molecule has 2 N–H and O–H groups in total. The fourth-order valence-corrected chi connectivity index (χ4v) is 5.87. The zero-order chi connectivity index (χ0) is 27.6. The Balaban J connectivity index is 1.07. The van der Waals surface area contributed by atoms with Gasteiger partial charge in [-0.15, -0.1) is 0 Å². The highest BCUT2D eigenvalue weighted by Gasteiger charge is 2.45. The van der Waals surface area contributed by atoms with Gasteiger partial charge in [0.2, 0.25) is 5.95 Å². The summed E-state index contributed by atoms with van der Waals surface area (Å²) < 4.78 is 2.01. The molecule has 0 saturated heterocycles. The van der Waals surface area contributed by atoms with Crippen LogP contribution in [0.15, 0.2) is 79.3 Å². The second-order valence-electron chi connectivity index (χ2n) is 12.0. The molecule has 7 nitrogen and oxygen atoms in total. The smallest absolute Gasteiger partial charge is 0.251 e. The predicted molar refractivity (Wildman–Crippen MR) is 160 cm³/mol. The molecule has 5 aromatic rings. The fourth-order valence-electron chi connectivity index (χ4n) is 5.87. The van der Waals surface area contributed by atoms with Gasteiger partial charge in [0.1, 0.15) is 0 Å². The number of anilines is 2. The number of carbonyl (C=O) groups is 1. The van der Waals surface area contributed by atoms with Crippen LogP contribution < -0.4 is 10.6 Å². The normalized spacial score (nSPS) is 17.4. The molecular weight excluding hydrogens is 508 g/mol. The van der Waals surface area contributed by atoms with E-state index in [4.69, 9.17) is 4.98 Å². The maximum atomic E-state index is 13.5. The summed E-state index contributed by atoms with van der Waals surface area (Å²) >= 11 is 0. The van der Waals surface area contributed by atoms with E-state index in [0.29, 0.717) is 23.5 Å². The Hall–Kier alpha value is -4.52. The van der Waals surface area contributed by atoms with Gasteiger partial charge in [-0.3, -0.25) is 9.48 Å². The zero-order valence-electron chi connectivity index (χ0n) is 23.1. The summed E-state index contributed by atoms with van der Waals surface area (Å²) in [6.45, 7) is 2.10. The van der Waals surface area contributed by atoms with Crippen molar-refractivity contribution >= 4 is 28.4 Å². The molecule has 3 aromatic carbocycles. The third kappa shape index (κ3) is 4.75. The van der Waals surface area contributed by atoms with Gasteiger partial charge in [-0.2, -0.15) is 5.10 Å². The van der Waals surface area contributed by atoms with Crippen LogP contribution in [0.4, 0.5) is 11.6 Å². The maximum absolute atomic E-state index is 13.5. The molecule has 0 unspecified atom stereocenters. The van der Waals surface area contributed by atoms with Crippen molar-refractivity contribution in [1.29, 1.82) is 0 Å². The number of carbonyl (C=O) groups excluding carboxylic acids is 1. The van der Waals surface area contributed by atoms with Gasteiger partial charge >= 0.3 is 0 Å². The van der Waals surface area contributed by atoms with Crippen molar-refractivity contribution in [3.05, 3.63) is 102 Å². The van der Waals surface area contributed by atoms with E-state index in [-0.39, 0.29) is 11.4 Å². The second kappa shape index (κ2) is 9.26. The third-order valence-electron chi connectivity index (χ3n) is 8.68. The van der Waals surface area contributed by atoms with Crippen LogP contribution in [-0.4, -0.2) is 25.7 Å². The SMILES string of the molecule is Cc1cccc(C2(NC(=O)c3ccc(C4CC4)c(-c4ccc5nc(Nc6cnn(C7CC7)c6)ncc5c4)c3)CC2)c1. The molecule has 1 amide bonds. The average Bonchev–Trinajstić information content (AvgIpc) is 3.87. The standard InChI is InChI=1S/C34H32N6O/c1-21-3-2-4-26(15-21)34(13-14-34)39-32(41)24-7-11-29(22-5-6-22)30(17-24)23-8-12-31-25(16-23)18-35-33(38-31)37-27-19-36-40(20-27)28-9-10-28/h2-4,7-8,11-12,15-20,22,28H,5-6,9-10,13-14H2,1H3,(H,39,41)(H,35,37,38). The van der Waals surface area contributed by atoms with Crippen molar-refractivity contribution in [2.75, 3.05) is 5.32 Å². The van der Waals surface area contributed by atoms with Gasteiger partial charge in [-0.05, 0) is 97.9 Å². The third-order valence-corrected chi connectivity index (χ3v) is 8.68. The number of rotatable bonds is 8. The Kier molecular flexibility index (Phi) is 5.49. The van der Waals surface area contributed by atoms with E-state index in [1.165, 1.54) is 42.4 Å². The lowest BCUT2D eigenvalue weighted by Crippen LogP contribution is -2.34. The van der Waals surface area contributed by atoms with Gasteiger partial charge in [0.15, 0.2) is 0 Å². The first-order valence-electron chi connectivity index (χ1n) is 14.6. The molecule has 204 valence electrons. The molecule has 0 atom stereocenters. The molecule has 0 aliphatic heterocycles. The van der Waals surface area contributed by atoms with Crippen molar-refractivity contribution in [2.45, 2.75) is 62.9 Å². The minimum absolute atomic E-state index is 0.0163. The largest absolute Gasteiger partial charge is 0.343 e. The van der Waals surface area contributed by atoms with E-state index in [2.05, 4.69) is 76.2 Å². The Bertz CT molecular complexity index is 1810. The van der Waals surface area contributed by atoms with Gasteiger partial charge < -0.3 is 10.6 Å². The van der Waals surface area contributed by atoms with E-state index in [9.17, 15) is 4.79 Å². The van der Waals surface area contributed by atoms with Crippen molar-refractivity contribution in [1.82, 2.24) is 25.1 Å². The molecule has 3 aliphatic carbocycles. The molecule has 2 aromatic heterocycles. The Labute approximate surface area is 239 Å².